The van der Waals surface area contributed by atoms with Crippen LogP contribution in [0.4, 0.5) is 0 Å². The lowest BCUT2D eigenvalue weighted by Gasteiger charge is -2.29. The number of amides is 2. The van der Waals surface area contributed by atoms with Gasteiger partial charge in [0.15, 0.2) is 0 Å². The number of nitrogens with one attached hydrogen (secondary N) is 1. The van der Waals surface area contributed by atoms with E-state index in [0.717, 1.165) is 31.7 Å². The normalized spacial score (nSPS) is 33.1. The SMILES string of the molecule is CSCCC(=O)NC[C@H]1[C@H]2CN(C(=O)CSC(C)C)C[C@]23CC[C@H]1O3. The Hall–Kier alpha value is -0.400. The lowest BCUT2D eigenvalue weighted by Crippen LogP contribution is -2.41. The van der Waals surface area contributed by atoms with Crippen molar-refractivity contribution in [3.63, 3.8) is 0 Å². The van der Waals surface area contributed by atoms with Gasteiger partial charge >= 0.3 is 0 Å². The van der Waals surface area contributed by atoms with Gasteiger partial charge in [-0.1, -0.05) is 13.8 Å². The maximum Gasteiger partial charge on any atom is 0.232 e. The average molecular weight is 387 g/mol. The van der Waals surface area contributed by atoms with Crippen molar-refractivity contribution < 1.29 is 14.3 Å². The van der Waals surface area contributed by atoms with Crippen LogP contribution in [0.15, 0.2) is 0 Å². The van der Waals surface area contributed by atoms with E-state index in [9.17, 15) is 9.59 Å². The molecular weight excluding hydrogens is 356 g/mol. The number of fused-ring (bicyclic) bond motifs is 1. The molecule has 1 N–H and O–H groups in total. The van der Waals surface area contributed by atoms with Crippen LogP contribution >= 0.6 is 23.5 Å². The van der Waals surface area contributed by atoms with Gasteiger partial charge in [0.2, 0.25) is 11.8 Å². The van der Waals surface area contributed by atoms with Gasteiger partial charge in [0.25, 0.3) is 0 Å². The van der Waals surface area contributed by atoms with Gasteiger partial charge < -0.3 is 15.0 Å². The molecule has 3 aliphatic heterocycles. The molecule has 142 valence electrons. The van der Waals surface area contributed by atoms with Crippen LogP contribution in [-0.2, 0) is 14.3 Å². The largest absolute Gasteiger partial charge is 0.369 e. The van der Waals surface area contributed by atoms with Crippen molar-refractivity contribution in [3.8, 4) is 0 Å². The Morgan fingerprint density at radius 2 is 2.20 bits per heavy atom. The van der Waals surface area contributed by atoms with E-state index in [1.807, 2.05) is 11.2 Å². The Labute approximate surface area is 159 Å². The average Bonchev–Trinajstić information content (AvgIpc) is 3.24. The van der Waals surface area contributed by atoms with Gasteiger partial charge in [0.1, 0.15) is 0 Å². The first-order chi connectivity index (χ1) is 11.9. The number of carbonyl (C=O) groups is 2. The van der Waals surface area contributed by atoms with Crippen molar-refractivity contribution in [2.75, 3.05) is 37.4 Å². The van der Waals surface area contributed by atoms with Crippen LogP contribution in [0.2, 0.25) is 0 Å². The van der Waals surface area contributed by atoms with Crippen LogP contribution in [-0.4, -0.2) is 71.1 Å². The van der Waals surface area contributed by atoms with Gasteiger partial charge in [0, 0.05) is 37.1 Å². The van der Waals surface area contributed by atoms with Gasteiger partial charge in [0.05, 0.1) is 24.0 Å². The molecule has 0 aromatic heterocycles. The van der Waals surface area contributed by atoms with E-state index in [2.05, 4.69) is 19.2 Å². The van der Waals surface area contributed by atoms with Crippen molar-refractivity contribution in [1.82, 2.24) is 10.2 Å². The molecule has 0 unspecified atom stereocenters. The second-order valence-electron chi connectivity index (χ2n) is 7.71. The second-order valence-corrected chi connectivity index (χ2v) is 10.3. The van der Waals surface area contributed by atoms with Gasteiger partial charge in [-0.15, -0.1) is 11.8 Å². The first-order valence-corrected chi connectivity index (χ1v) is 11.7. The van der Waals surface area contributed by atoms with Gasteiger partial charge in [-0.05, 0) is 24.3 Å². The number of thioether (sulfide) groups is 2. The molecule has 3 rings (SSSR count). The summed E-state index contributed by atoms with van der Waals surface area (Å²) in [6.07, 6.45) is 4.97. The molecule has 1 spiro atoms. The Balaban J connectivity index is 1.56. The Morgan fingerprint density at radius 3 is 2.92 bits per heavy atom. The van der Waals surface area contributed by atoms with E-state index in [1.54, 1.807) is 23.5 Å². The molecule has 0 aromatic rings. The molecule has 4 atom stereocenters. The van der Waals surface area contributed by atoms with Crippen molar-refractivity contribution in [1.29, 1.82) is 0 Å². The molecule has 2 bridgehead atoms. The summed E-state index contributed by atoms with van der Waals surface area (Å²) in [6.45, 7) is 6.46. The number of carbonyl (C=O) groups excluding carboxylic acids is 2. The van der Waals surface area contributed by atoms with E-state index in [-0.39, 0.29) is 23.5 Å². The summed E-state index contributed by atoms with van der Waals surface area (Å²) in [4.78, 5) is 26.5. The molecule has 7 heteroatoms. The lowest BCUT2D eigenvalue weighted by atomic mass is 9.73. The minimum absolute atomic E-state index is 0.130. The first-order valence-electron chi connectivity index (χ1n) is 9.28. The molecule has 0 aromatic carbocycles. The fourth-order valence-electron chi connectivity index (χ4n) is 4.50. The zero-order valence-corrected chi connectivity index (χ0v) is 17.1. The summed E-state index contributed by atoms with van der Waals surface area (Å²) in [5, 5.41) is 3.57. The predicted octanol–water partition coefficient (Wildman–Crippen LogP) is 2.00. The highest BCUT2D eigenvalue weighted by molar-refractivity contribution is 8.00. The fourth-order valence-corrected chi connectivity index (χ4v) is 5.55. The highest BCUT2D eigenvalue weighted by Crippen LogP contribution is 2.54. The zero-order chi connectivity index (χ0) is 18.0. The number of likely N-dealkylation sites (tertiary alicyclic amines) is 1. The lowest BCUT2D eigenvalue weighted by molar-refractivity contribution is -0.129. The summed E-state index contributed by atoms with van der Waals surface area (Å²) >= 11 is 3.40. The third kappa shape index (κ3) is 4.14. The number of hydrogen-bond donors (Lipinski definition) is 1. The number of hydrogen-bond acceptors (Lipinski definition) is 5. The maximum atomic E-state index is 12.5. The second kappa shape index (κ2) is 8.09. The smallest absolute Gasteiger partial charge is 0.232 e. The van der Waals surface area contributed by atoms with Crippen LogP contribution in [0.3, 0.4) is 0 Å². The number of nitrogens with zero attached hydrogens (tertiary/aromatic N) is 1. The zero-order valence-electron chi connectivity index (χ0n) is 15.5. The first kappa shape index (κ1) is 19.4. The van der Waals surface area contributed by atoms with Crippen LogP contribution < -0.4 is 5.32 Å². The fraction of sp³-hybridized carbons (Fsp3) is 0.889. The molecule has 3 aliphatic rings. The Bertz CT molecular complexity index is 517. The molecule has 25 heavy (non-hydrogen) atoms. The molecule has 5 nitrogen and oxygen atoms in total. The van der Waals surface area contributed by atoms with Crippen LogP contribution in [0.5, 0.6) is 0 Å². The summed E-state index contributed by atoms with van der Waals surface area (Å²) < 4.78 is 6.36. The third-order valence-electron chi connectivity index (χ3n) is 5.74. The van der Waals surface area contributed by atoms with Gasteiger partial charge in [-0.3, -0.25) is 9.59 Å². The highest BCUT2D eigenvalue weighted by atomic mass is 32.2. The van der Waals surface area contributed by atoms with Gasteiger partial charge in [-0.2, -0.15) is 11.8 Å². The van der Waals surface area contributed by atoms with Crippen LogP contribution in [0.25, 0.3) is 0 Å². The molecule has 2 amide bonds. The van der Waals surface area contributed by atoms with E-state index in [1.165, 1.54) is 0 Å². The van der Waals surface area contributed by atoms with E-state index in [4.69, 9.17) is 4.74 Å². The molecule has 0 aliphatic carbocycles. The van der Waals surface area contributed by atoms with E-state index >= 15 is 0 Å². The molecular formula is C18H30N2O3S2. The van der Waals surface area contributed by atoms with Crippen LogP contribution in [0, 0.1) is 11.8 Å². The highest BCUT2D eigenvalue weighted by Gasteiger charge is 2.63. The summed E-state index contributed by atoms with van der Waals surface area (Å²) in [7, 11) is 0. The Kier molecular flexibility index (Phi) is 6.27. The van der Waals surface area contributed by atoms with E-state index < -0.39 is 0 Å². The van der Waals surface area contributed by atoms with Crippen molar-refractivity contribution in [2.24, 2.45) is 11.8 Å². The summed E-state index contributed by atoms with van der Waals surface area (Å²) in [5.41, 5.74) is -0.141. The van der Waals surface area contributed by atoms with Gasteiger partial charge in [-0.25, -0.2) is 0 Å². The van der Waals surface area contributed by atoms with Crippen LogP contribution in [0.1, 0.15) is 33.1 Å². The van der Waals surface area contributed by atoms with E-state index in [0.29, 0.717) is 35.8 Å². The third-order valence-corrected chi connectivity index (χ3v) is 7.44. The standard InChI is InChI=1S/C18H30N2O3S2/c1-12(2)25-10-17(22)20-9-14-13(8-19-16(21)5-7-24-3)15-4-6-18(14,11-20)23-15/h12-15H,4-11H2,1-3H3,(H,19,21)/t13-,14+,15+,18+/m0/s1. The molecule has 0 radical (unpaired) electrons. The predicted molar refractivity (Wildman–Crippen MR) is 104 cm³/mol. The number of rotatable bonds is 8. The number of ether oxygens (including phenoxy) is 1. The molecule has 3 heterocycles. The molecule has 3 fully saturated rings. The maximum absolute atomic E-state index is 12.5. The Morgan fingerprint density at radius 1 is 1.40 bits per heavy atom. The molecule has 0 saturated carbocycles. The van der Waals surface area contributed by atoms with Crippen molar-refractivity contribution in [3.05, 3.63) is 0 Å². The van der Waals surface area contributed by atoms with Crippen molar-refractivity contribution >= 4 is 35.3 Å². The summed E-state index contributed by atoms with van der Waals surface area (Å²) in [6, 6.07) is 0. The topological polar surface area (TPSA) is 58.6 Å². The molecule has 3 saturated heterocycles. The minimum atomic E-state index is -0.141. The minimum Gasteiger partial charge on any atom is -0.369 e. The quantitative estimate of drug-likeness (QED) is 0.691. The monoisotopic (exact) mass is 386 g/mol. The van der Waals surface area contributed by atoms with Crippen molar-refractivity contribution in [2.45, 2.75) is 50.1 Å². The summed E-state index contributed by atoms with van der Waals surface area (Å²) in [5.74, 6) is 2.50.